The van der Waals surface area contributed by atoms with Crippen molar-refractivity contribution in [2.45, 2.75) is 145 Å². The Morgan fingerprint density at radius 2 is 0.676 bits per heavy atom. The average Bonchev–Trinajstić information content (AvgIpc) is 1.62. The van der Waals surface area contributed by atoms with Gasteiger partial charge in [-0.2, -0.15) is 0 Å². The maximum Gasteiger partial charge on any atom is 2.00 e. The van der Waals surface area contributed by atoms with E-state index >= 15 is 0 Å². The zero-order valence-corrected chi connectivity index (χ0v) is 65.9. The molecule has 4 aliphatic heterocycles. The van der Waals surface area contributed by atoms with Crippen molar-refractivity contribution in [1.82, 2.24) is 50.5 Å². The minimum absolute atomic E-state index is 0. The van der Waals surface area contributed by atoms with Crippen LogP contribution in [-0.4, -0.2) is 113 Å². The second-order valence-electron chi connectivity index (χ2n) is 26.2. The number of fused-ring (bicyclic) bond motifs is 16. The van der Waals surface area contributed by atoms with Gasteiger partial charge in [0.25, 0.3) is 0 Å². The predicted molar refractivity (Wildman–Crippen MR) is 411 cm³/mol. The van der Waals surface area contributed by atoms with Gasteiger partial charge in [-0.3, -0.25) is 10.8 Å². The summed E-state index contributed by atoms with van der Waals surface area (Å²) in [7, 11) is 0. The van der Waals surface area contributed by atoms with Crippen LogP contribution in [0.15, 0.2) is 87.0 Å². The molecule has 0 fully saturated rings. The van der Waals surface area contributed by atoms with Crippen molar-refractivity contribution in [3.05, 3.63) is 177 Å². The monoisotopic (exact) mass is 1640 g/mol. The maximum atomic E-state index is 11.4. The van der Waals surface area contributed by atoms with Gasteiger partial charge in [-0.15, -0.1) is 0 Å². The minimum atomic E-state index is -1.25. The van der Waals surface area contributed by atoms with Gasteiger partial charge in [0.15, 0.2) is 11.9 Å². The van der Waals surface area contributed by atoms with Crippen LogP contribution in [-0.2, 0) is 91.9 Å². The van der Waals surface area contributed by atoms with E-state index < -0.39 is 47.9 Å². The van der Waals surface area contributed by atoms with Gasteiger partial charge in [0.05, 0.1) is 57.5 Å². The molecule has 16 bridgehead atoms. The SMILES string of the molecule is C=CC1=C(C)c2cc3[nH]c(cc4nc(cc5[nH]c(cc1n2)c(C)c5CCC(=O)[O-])C(CCC(=O)[O-])=C4C)c(C)c3C=C.C=CC1=C(C)c2cc3[nH]c(cc4nc(cc5[nH]c(cc1n2)c(C)c5CCC(=O)[O-])C(CCC(=O)[O-])=C4C)c(C)c3C=C.N=C(N)NCCC[C@H](N)C(=O)[O-].N=C(N)NCCC[C@H](N)C(=O)[O-].[Co+2].[Co+2].[Co+2]. The standard InChI is InChI=1S/2C34H34N4O4.2C6H14N4O2.3Co/c2*1-7-21-17(3)25-13-26-19(5)23(9-11-33(39)40)31(37-26)16-32-24(10-12-34(41)42)20(6)28(38-32)15-30-22(8-2)18(4)27(36-30)14-29(21)35-25;2*7-4(5(11)12)2-1-3-10-6(8)9;;;/h2*7-8,13-16,35,38H,1-2,9-12H2,3-6H3,(H,39,40)(H,41,42);2*4H,1-3,7H2,(H,11,12)(H4,8,9,10);;;/q;;;;3*+2/p-6/t;;2*4-;;;/m..00.../s1. The minimum Gasteiger partial charge on any atom is -0.550 e. The van der Waals surface area contributed by atoms with E-state index in [2.05, 4.69) is 56.9 Å². The van der Waals surface area contributed by atoms with Crippen molar-refractivity contribution in [2.24, 2.45) is 22.9 Å². The average molecular weight is 1640 g/mol. The third-order valence-electron chi connectivity index (χ3n) is 19.0. The molecule has 2 atom stereocenters. The number of rotatable bonds is 26. The Labute approximate surface area is 673 Å². The van der Waals surface area contributed by atoms with E-state index in [1.165, 1.54) is 0 Å². The molecule has 16 N–H and O–H groups in total. The molecule has 111 heavy (non-hydrogen) atoms. The van der Waals surface area contributed by atoms with E-state index in [1.807, 2.05) is 116 Å². The van der Waals surface area contributed by atoms with Crippen molar-refractivity contribution in [3.63, 3.8) is 0 Å². The Morgan fingerprint density at radius 1 is 0.405 bits per heavy atom. The van der Waals surface area contributed by atoms with Gasteiger partial charge >= 0.3 is 50.3 Å². The fraction of sp³-hybridized carbons (Fsp3) is 0.300. The van der Waals surface area contributed by atoms with E-state index in [0.717, 1.165) is 145 Å². The first-order valence-corrected chi connectivity index (χ1v) is 34.8. The summed E-state index contributed by atoms with van der Waals surface area (Å²) in [5.74, 6) is -7.32. The molecule has 31 heteroatoms. The van der Waals surface area contributed by atoms with Crippen molar-refractivity contribution < 1.29 is 110 Å². The second kappa shape index (κ2) is 41.7. The number of nitrogens with zero attached hydrogens (tertiary/aromatic N) is 4. The zero-order chi connectivity index (χ0) is 79.7. The van der Waals surface area contributed by atoms with Gasteiger partial charge in [-0.05, 0) is 248 Å². The van der Waals surface area contributed by atoms with E-state index in [9.17, 15) is 59.4 Å². The molecular weight excluding hydrogens is 1550 g/mol. The number of nitrogens with two attached hydrogens (primary N) is 4. The molecule has 0 saturated carbocycles. The van der Waals surface area contributed by atoms with Crippen LogP contribution in [0.2, 0.25) is 0 Å². The number of aromatic amines is 4. The van der Waals surface area contributed by atoms with Crippen molar-refractivity contribution in [2.75, 3.05) is 13.1 Å². The number of carbonyl (C=O) groups is 6. The van der Waals surface area contributed by atoms with E-state index in [1.54, 1.807) is 12.2 Å². The quantitative estimate of drug-likeness (QED) is 0.0204. The second-order valence-corrected chi connectivity index (χ2v) is 26.2. The Kier molecular flexibility index (Phi) is 34.7. The molecule has 589 valence electrons. The summed E-state index contributed by atoms with van der Waals surface area (Å²) in [6.45, 7) is 32.8. The molecule has 0 aromatic carbocycles. The van der Waals surface area contributed by atoms with Crippen molar-refractivity contribution in [3.8, 4) is 0 Å². The van der Waals surface area contributed by atoms with E-state index in [0.29, 0.717) is 72.6 Å². The number of nitrogens with one attached hydrogen (secondary N) is 8. The van der Waals surface area contributed by atoms with Gasteiger partial charge in [-0.25, -0.2) is 19.9 Å². The third-order valence-corrected chi connectivity index (χ3v) is 19.0. The zero-order valence-electron chi connectivity index (χ0n) is 62.8. The van der Waals surface area contributed by atoms with Crippen LogP contribution in [0.5, 0.6) is 0 Å². The Bertz CT molecular complexity index is 4850. The van der Waals surface area contributed by atoms with E-state index in [4.69, 9.17) is 53.7 Å². The number of guanidine groups is 2. The van der Waals surface area contributed by atoms with Crippen molar-refractivity contribution >= 4 is 149 Å². The van der Waals surface area contributed by atoms with Crippen LogP contribution in [0.1, 0.15) is 182 Å². The molecule has 3 radical (unpaired) electrons. The van der Waals surface area contributed by atoms with Gasteiger partial charge in [0.2, 0.25) is 0 Å². The van der Waals surface area contributed by atoms with Gasteiger partial charge in [0, 0.05) is 115 Å². The molecule has 4 aliphatic rings. The van der Waals surface area contributed by atoms with Crippen molar-refractivity contribution in [1.29, 1.82) is 10.8 Å². The Balaban J connectivity index is 0.000000355. The third kappa shape index (κ3) is 23.5. The van der Waals surface area contributed by atoms with Crippen LogP contribution in [0.25, 0.3) is 101 Å². The predicted octanol–water partition coefficient (Wildman–Crippen LogP) is 4.32. The number of hydrogen-bond acceptors (Lipinski definition) is 20. The number of aryl methyl sites for hydroxylation is 6. The molecule has 6 aromatic rings. The number of H-pyrrole nitrogens is 4. The molecule has 0 amide bonds. The number of aromatic nitrogens is 8. The first-order valence-electron chi connectivity index (χ1n) is 34.8. The topological polar surface area (TPSA) is 531 Å². The number of carboxylic acid groups (broad SMARTS) is 6. The summed E-state index contributed by atoms with van der Waals surface area (Å²) in [6.07, 6.45) is 9.37. The number of carbonyl (C=O) groups excluding carboxylic acids is 6. The molecule has 0 saturated heterocycles. The number of allylic oxidation sites excluding steroid dienone is 10. The Morgan fingerprint density at radius 3 is 0.973 bits per heavy atom. The fourth-order valence-corrected chi connectivity index (χ4v) is 12.8. The first kappa shape index (κ1) is 92.3. The molecule has 6 aromatic heterocycles. The normalized spacial score (nSPS) is 12.5. The summed E-state index contributed by atoms with van der Waals surface area (Å²) in [4.78, 5) is 99.5. The molecule has 10 heterocycles. The van der Waals surface area contributed by atoms with Gasteiger partial charge < -0.3 is 113 Å². The van der Waals surface area contributed by atoms with Crippen LogP contribution in [0.3, 0.4) is 0 Å². The van der Waals surface area contributed by atoms with Crippen LogP contribution in [0, 0.1) is 38.5 Å². The van der Waals surface area contributed by atoms with Crippen LogP contribution in [0.4, 0.5) is 0 Å². The number of carboxylic acids is 6. The smallest absolute Gasteiger partial charge is 0.550 e. The Hall–Kier alpha value is -11.0. The summed E-state index contributed by atoms with van der Waals surface area (Å²) in [6, 6.07) is 13.7. The molecule has 0 spiro atoms. The largest absolute Gasteiger partial charge is 2.00 e. The molecular formula is C80H90Co3N16O12. The molecule has 10 rings (SSSR count). The molecule has 28 nitrogen and oxygen atoms in total. The summed E-state index contributed by atoms with van der Waals surface area (Å²) in [5.41, 5.74) is 46.8. The summed E-state index contributed by atoms with van der Waals surface area (Å²) in [5, 5.41) is 84.4. The molecule has 0 unspecified atom stereocenters. The number of hydrogen-bond donors (Lipinski definition) is 12. The summed E-state index contributed by atoms with van der Waals surface area (Å²) < 4.78 is 0. The maximum absolute atomic E-state index is 11.4. The van der Waals surface area contributed by atoms with Gasteiger partial charge in [0.1, 0.15) is 0 Å². The number of aliphatic carboxylic acids is 6. The fourth-order valence-electron chi connectivity index (χ4n) is 12.8. The first-order chi connectivity index (χ1) is 51.1. The van der Waals surface area contributed by atoms with Crippen LogP contribution < -0.4 is 64.2 Å². The molecule has 0 aliphatic carbocycles. The van der Waals surface area contributed by atoms with Crippen LogP contribution >= 0.6 is 0 Å². The van der Waals surface area contributed by atoms with Gasteiger partial charge in [-0.1, -0.05) is 50.6 Å². The van der Waals surface area contributed by atoms with E-state index in [-0.39, 0.29) is 114 Å². The summed E-state index contributed by atoms with van der Waals surface area (Å²) >= 11 is 0.